The summed E-state index contributed by atoms with van der Waals surface area (Å²) in [5.74, 6) is 1.23. The van der Waals surface area contributed by atoms with E-state index in [1.54, 1.807) is 48.5 Å². The van der Waals surface area contributed by atoms with Crippen LogP contribution < -0.4 is 5.32 Å². The summed E-state index contributed by atoms with van der Waals surface area (Å²) in [6.07, 6.45) is 6.46. The number of hydrogen-bond donors (Lipinski definition) is 3. The molecule has 0 unspecified atom stereocenters. The highest BCUT2D eigenvalue weighted by atomic mass is 35.5. The van der Waals surface area contributed by atoms with Gasteiger partial charge < -0.3 is 20.4 Å². The molecule has 2 aliphatic rings. The van der Waals surface area contributed by atoms with Gasteiger partial charge in [-0.2, -0.15) is 0 Å². The zero-order valence-corrected chi connectivity index (χ0v) is 39.3. The fourth-order valence-corrected chi connectivity index (χ4v) is 9.50. The molecule has 0 aliphatic carbocycles. The van der Waals surface area contributed by atoms with Gasteiger partial charge in [0.25, 0.3) is 0 Å². The minimum Gasteiger partial charge on any atom is -0.380 e. The van der Waals surface area contributed by atoms with E-state index in [0.29, 0.717) is 34.3 Å². The number of rotatable bonds is 15. The molecule has 2 fully saturated rings. The maximum absolute atomic E-state index is 12.4. The Hall–Kier alpha value is -4.63. The van der Waals surface area contributed by atoms with Crippen molar-refractivity contribution < 1.29 is 19.8 Å². The van der Waals surface area contributed by atoms with Crippen molar-refractivity contribution in [3.05, 3.63) is 213 Å². The lowest BCUT2D eigenvalue weighted by molar-refractivity contribution is -0.0142. The zero-order chi connectivity index (χ0) is 45.9. The van der Waals surface area contributed by atoms with Gasteiger partial charge in [0.2, 0.25) is 0 Å². The van der Waals surface area contributed by atoms with Crippen LogP contribution in [0.2, 0.25) is 10.0 Å². The molecule has 0 aromatic heterocycles. The number of halogens is 3. The van der Waals surface area contributed by atoms with Gasteiger partial charge in [0.1, 0.15) is 11.2 Å². The maximum Gasteiger partial charge on any atom is 0.162 e. The fraction of sp³-hybridized carbons (Fsp3) is 0.321. The van der Waals surface area contributed by atoms with E-state index in [1.165, 1.54) is 0 Å². The van der Waals surface area contributed by atoms with Crippen molar-refractivity contribution >= 4 is 46.4 Å². The number of aliphatic hydroxyl groups is 2. The Morgan fingerprint density at radius 1 is 0.508 bits per heavy atom. The Labute approximate surface area is 400 Å². The Balaban J connectivity index is 0.000000180. The molecule has 0 saturated carbocycles. The van der Waals surface area contributed by atoms with Crippen LogP contribution in [0.5, 0.6) is 0 Å². The van der Waals surface area contributed by atoms with Crippen LogP contribution in [0.4, 0.5) is 0 Å². The number of Topliss-reactive ketones (excluding diaryl/α,β-unsaturated/α-hetero) is 2. The van der Waals surface area contributed by atoms with Crippen LogP contribution in [0, 0.1) is 11.8 Å². The van der Waals surface area contributed by atoms with E-state index in [2.05, 4.69) is 10.2 Å². The minimum atomic E-state index is -0.987. The Morgan fingerprint density at radius 3 is 1.20 bits per heavy atom. The van der Waals surface area contributed by atoms with Gasteiger partial charge in [0, 0.05) is 39.9 Å². The number of nitrogens with zero attached hydrogens (tertiary/aromatic N) is 1. The molecule has 6 aromatic rings. The molecule has 0 radical (unpaired) electrons. The van der Waals surface area contributed by atoms with Crippen LogP contribution in [0.3, 0.4) is 0 Å². The highest BCUT2D eigenvalue weighted by Gasteiger charge is 2.42. The van der Waals surface area contributed by atoms with E-state index in [-0.39, 0.29) is 23.4 Å². The quantitative estimate of drug-likeness (QED) is 0.0702. The molecule has 0 spiro atoms. The number of alkyl halides is 1. The first-order valence-corrected chi connectivity index (χ1v) is 24.1. The average molecular weight is 932 g/mol. The lowest BCUT2D eigenvalue weighted by Crippen LogP contribution is -2.44. The van der Waals surface area contributed by atoms with Gasteiger partial charge in [-0.1, -0.05) is 145 Å². The minimum absolute atomic E-state index is 0.123. The Bertz CT molecular complexity index is 2220. The number of benzene rings is 6. The Morgan fingerprint density at radius 2 is 0.846 bits per heavy atom. The maximum atomic E-state index is 12.4. The smallest absolute Gasteiger partial charge is 0.162 e. The third kappa shape index (κ3) is 13.7. The van der Waals surface area contributed by atoms with Crippen LogP contribution in [0.25, 0.3) is 0 Å². The van der Waals surface area contributed by atoms with Crippen LogP contribution >= 0.6 is 34.8 Å². The van der Waals surface area contributed by atoms with Crippen LogP contribution in [-0.2, 0) is 11.2 Å². The molecule has 0 bridgehead atoms. The van der Waals surface area contributed by atoms with Gasteiger partial charge in [-0.3, -0.25) is 9.59 Å². The Kier molecular flexibility index (Phi) is 19.4. The van der Waals surface area contributed by atoms with E-state index in [0.717, 1.165) is 99.1 Å². The summed E-state index contributed by atoms with van der Waals surface area (Å²) in [6, 6.07) is 54.3. The van der Waals surface area contributed by atoms with Gasteiger partial charge in [-0.05, 0) is 154 Å². The number of carbonyl (C=O) groups is 2. The predicted octanol–water partition coefficient (Wildman–Crippen LogP) is 12.4. The molecule has 3 N–H and O–H groups in total. The number of piperidine rings is 2. The molecule has 65 heavy (non-hydrogen) atoms. The summed E-state index contributed by atoms with van der Waals surface area (Å²) in [5, 5.41) is 28.2. The van der Waals surface area contributed by atoms with Gasteiger partial charge >= 0.3 is 0 Å². The number of nitrogens with one attached hydrogen (secondary N) is 1. The lowest BCUT2D eigenvalue weighted by Gasteiger charge is -2.42. The second kappa shape index (κ2) is 25.3. The molecule has 6 aromatic carbocycles. The summed E-state index contributed by atoms with van der Waals surface area (Å²) in [5.41, 5.74) is 3.47. The normalized spacial score (nSPS) is 14.9. The average Bonchev–Trinajstić information content (AvgIpc) is 3.37. The summed E-state index contributed by atoms with van der Waals surface area (Å²) in [6.45, 7) is 4.73. The van der Waals surface area contributed by atoms with E-state index in [4.69, 9.17) is 34.8 Å². The second-order valence-electron chi connectivity index (χ2n) is 16.9. The first-order valence-electron chi connectivity index (χ1n) is 22.9. The molecule has 0 atom stereocenters. The fourth-order valence-electron chi connectivity index (χ4n) is 9.11. The SMILES string of the molecule is O=C(CCCCl)c1ccc(Cl)cc1.O=C(CCCN1CCC(C(O)(c2ccccc2)c2ccccc2)CC1)c1ccc(Cl)cc1.OC(c1ccccc1)(c1ccccc1)C1CCNCC1. The third-order valence-electron chi connectivity index (χ3n) is 12.7. The van der Waals surface area contributed by atoms with Crippen molar-refractivity contribution in [2.45, 2.75) is 62.6 Å². The first-order chi connectivity index (χ1) is 31.6. The first kappa shape index (κ1) is 49.8. The topological polar surface area (TPSA) is 89.9 Å². The van der Waals surface area contributed by atoms with Gasteiger partial charge in [-0.25, -0.2) is 0 Å². The molecule has 6 nitrogen and oxygen atoms in total. The van der Waals surface area contributed by atoms with Crippen molar-refractivity contribution in [3.8, 4) is 0 Å². The van der Waals surface area contributed by atoms with Crippen molar-refractivity contribution in [2.24, 2.45) is 11.8 Å². The molecular formula is C56H61Cl3N2O4. The number of carbonyl (C=O) groups excluding carboxylic acids is 2. The number of ketones is 2. The van der Waals surface area contributed by atoms with Crippen molar-refractivity contribution in [3.63, 3.8) is 0 Å². The van der Waals surface area contributed by atoms with Crippen molar-refractivity contribution in [1.82, 2.24) is 10.2 Å². The van der Waals surface area contributed by atoms with Gasteiger partial charge in [-0.15, -0.1) is 11.6 Å². The molecule has 2 heterocycles. The van der Waals surface area contributed by atoms with Gasteiger partial charge in [0.15, 0.2) is 11.6 Å². The second-order valence-corrected chi connectivity index (χ2v) is 18.1. The van der Waals surface area contributed by atoms with E-state index < -0.39 is 11.2 Å². The summed E-state index contributed by atoms with van der Waals surface area (Å²) < 4.78 is 0. The molecule has 8 rings (SSSR count). The van der Waals surface area contributed by atoms with E-state index in [9.17, 15) is 19.8 Å². The highest BCUT2D eigenvalue weighted by Crippen LogP contribution is 2.43. The summed E-state index contributed by atoms with van der Waals surface area (Å²) >= 11 is 17.1. The van der Waals surface area contributed by atoms with Crippen LogP contribution in [0.1, 0.15) is 94.3 Å². The van der Waals surface area contributed by atoms with Gasteiger partial charge in [0.05, 0.1) is 0 Å². The number of hydrogen-bond acceptors (Lipinski definition) is 6. The molecule has 0 amide bonds. The standard InChI is InChI=1S/C28H30ClNO2.C18H21NO.C10H10Cl2O/c29-26-15-13-22(14-16-26)27(31)12-7-19-30-20-17-25(18-21-30)28(32,23-8-3-1-4-9-23)24-10-5-2-6-11-24;20-18(15-7-3-1-4-8-15,16-9-5-2-6-10-16)17-11-13-19-14-12-17;11-7-1-2-10(13)8-3-5-9(12)6-4-8/h1-6,8-11,13-16,25,32H,7,12,17-21H2;1-10,17,19-20H,11-14H2;3-6H,1-2,7H2. The summed E-state index contributed by atoms with van der Waals surface area (Å²) in [4.78, 5) is 26.2. The number of likely N-dealkylation sites (tertiary alicyclic amines) is 1. The van der Waals surface area contributed by atoms with E-state index >= 15 is 0 Å². The molecule has 9 heteroatoms. The highest BCUT2D eigenvalue weighted by molar-refractivity contribution is 6.31. The van der Waals surface area contributed by atoms with Crippen molar-refractivity contribution in [2.75, 3.05) is 38.6 Å². The van der Waals surface area contributed by atoms with E-state index in [1.807, 2.05) is 121 Å². The lowest BCUT2D eigenvalue weighted by atomic mass is 9.72. The molecule has 2 aliphatic heterocycles. The predicted molar refractivity (Wildman–Crippen MR) is 267 cm³/mol. The monoisotopic (exact) mass is 930 g/mol. The summed E-state index contributed by atoms with van der Waals surface area (Å²) in [7, 11) is 0. The molecule has 2 saturated heterocycles. The molecule has 340 valence electrons. The van der Waals surface area contributed by atoms with Crippen LogP contribution in [-0.4, -0.2) is 65.3 Å². The third-order valence-corrected chi connectivity index (χ3v) is 13.5. The van der Waals surface area contributed by atoms with Crippen molar-refractivity contribution in [1.29, 1.82) is 0 Å². The van der Waals surface area contributed by atoms with Crippen LogP contribution in [0.15, 0.2) is 170 Å². The largest absolute Gasteiger partial charge is 0.380 e. The molecular weight excluding hydrogens is 871 g/mol. The zero-order valence-electron chi connectivity index (χ0n) is 37.0.